The molecular formula is C32H42S4Sn2. The summed E-state index contributed by atoms with van der Waals surface area (Å²) in [5.74, 6) is 0.814. The Hall–Kier alpha value is 0.137. The van der Waals surface area contributed by atoms with Gasteiger partial charge in [-0.2, -0.15) is 0 Å². The fraction of sp³-hybridized carbons (Fsp3) is 0.438. The van der Waals surface area contributed by atoms with E-state index < -0.39 is 36.8 Å². The molecule has 0 saturated heterocycles. The molecule has 4 heterocycles. The first-order chi connectivity index (χ1) is 18.0. The quantitative estimate of drug-likeness (QED) is 0.124. The summed E-state index contributed by atoms with van der Waals surface area (Å²) in [7, 11) is 0. The van der Waals surface area contributed by atoms with Crippen molar-refractivity contribution < 1.29 is 0 Å². The van der Waals surface area contributed by atoms with Crippen LogP contribution in [0.25, 0.3) is 41.1 Å². The van der Waals surface area contributed by atoms with Gasteiger partial charge < -0.3 is 0 Å². The minimum absolute atomic E-state index is 0.814. The van der Waals surface area contributed by atoms with Crippen LogP contribution in [0.5, 0.6) is 0 Å². The number of thiophene rings is 4. The first-order valence-electron chi connectivity index (χ1n) is 14.2. The molecule has 0 aliphatic carbocycles. The van der Waals surface area contributed by atoms with E-state index in [9.17, 15) is 0 Å². The second-order valence-corrected chi connectivity index (χ2v) is 47.9. The Labute approximate surface area is 254 Å². The number of rotatable bonds is 10. The molecule has 1 atom stereocenters. The molecule has 5 rings (SSSR count). The number of unbranched alkanes of at least 4 members (excludes halogenated alkanes) is 1. The molecule has 1 unspecified atom stereocenters. The summed E-state index contributed by atoms with van der Waals surface area (Å²) in [4.78, 5) is 19.9. The van der Waals surface area contributed by atoms with Crippen LogP contribution in [-0.4, -0.2) is 36.8 Å². The third kappa shape index (κ3) is 6.01. The molecule has 0 nitrogen and oxygen atoms in total. The Bertz CT molecular complexity index is 1460. The zero-order valence-corrected chi connectivity index (χ0v) is 33.3. The molecule has 0 aliphatic heterocycles. The van der Waals surface area contributed by atoms with Crippen LogP contribution < -0.4 is 5.79 Å². The van der Waals surface area contributed by atoms with Gasteiger partial charge in [0.05, 0.1) is 0 Å². The van der Waals surface area contributed by atoms with Gasteiger partial charge in [-0.3, -0.25) is 0 Å². The third-order valence-corrected chi connectivity index (χ3v) is 30.8. The summed E-state index contributed by atoms with van der Waals surface area (Å²) >= 11 is 3.75. The van der Waals surface area contributed by atoms with Crippen LogP contribution >= 0.6 is 45.3 Å². The van der Waals surface area contributed by atoms with E-state index in [1.165, 1.54) is 68.5 Å². The molecule has 0 spiro atoms. The Morgan fingerprint density at radius 3 is 1.84 bits per heavy atom. The summed E-state index contributed by atoms with van der Waals surface area (Å²) in [6.07, 6.45) is 6.55. The normalized spacial score (nSPS) is 13.7. The van der Waals surface area contributed by atoms with Gasteiger partial charge in [0.25, 0.3) is 0 Å². The monoisotopic (exact) mass is 794 g/mol. The molecule has 5 aromatic rings. The summed E-state index contributed by atoms with van der Waals surface area (Å²) in [6.45, 7) is 4.70. The van der Waals surface area contributed by atoms with Gasteiger partial charge in [0.2, 0.25) is 0 Å². The molecule has 0 saturated carbocycles. The SMILES string of the molecule is CCCCC(CC)Cc1ccc(-c2c3c[c]([Sn]([CH3])([CH3])[CH3])sc3c(-c3cccs3)c3c[c]([Sn]([CH3])([CH3])[CH3])sc23)s1. The van der Waals surface area contributed by atoms with Crippen molar-refractivity contribution in [3.05, 3.63) is 46.7 Å². The Morgan fingerprint density at radius 1 is 0.737 bits per heavy atom. The van der Waals surface area contributed by atoms with Crippen LogP contribution in [0.2, 0.25) is 29.6 Å². The predicted molar refractivity (Wildman–Crippen MR) is 187 cm³/mol. The van der Waals surface area contributed by atoms with E-state index in [-0.39, 0.29) is 0 Å². The number of benzene rings is 1. The van der Waals surface area contributed by atoms with Gasteiger partial charge in [0.1, 0.15) is 0 Å². The van der Waals surface area contributed by atoms with E-state index in [0.29, 0.717) is 0 Å². The van der Waals surface area contributed by atoms with Crippen LogP contribution in [0.4, 0.5) is 0 Å². The first kappa shape index (κ1) is 29.6. The van der Waals surface area contributed by atoms with Gasteiger partial charge in [0, 0.05) is 0 Å². The second-order valence-electron chi connectivity index (χ2n) is 12.8. The topological polar surface area (TPSA) is 0 Å². The summed E-state index contributed by atoms with van der Waals surface area (Å²) in [5.41, 5.74) is 3.05. The zero-order chi connectivity index (χ0) is 27.2. The van der Waals surface area contributed by atoms with Gasteiger partial charge in [-0.25, -0.2) is 0 Å². The maximum absolute atomic E-state index is 2.64. The van der Waals surface area contributed by atoms with E-state index in [1.807, 2.05) is 11.3 Å². The Kier molecular flexibility index (Phi) is 9.19. The fourth-order valence-corrected chi connectivity index (χ4v) is 20.3. The Morgan fingerprint density at radius 2 is 1.34 bits per heavy atom. The van der Waals surface area contributed by atoms with Gasteiger partial charge in [-0.15, -0.1) is 0 Å². The predicted octanol–water partition coefficient (Wildman–Crippen LogP) is 11.4. The fourth-order valence-electron chi connectivity index (χ4n) is 5.27. The van der Waals surface area contributed by atoms with Crippen molar-refractivity contribution >= 4 is 108 Å². The number of hydrogen-bond donors (Lipinski definition) is 0. The minimum atomic E-state index is -2.25. The van der Waals surface area contributed by atoms with E-state index >= 15 is 0 Å². The Balaban J connectivity index is 1.77. The number of hydrogen-bond acceptors (Lipinski definition) is 4. The average molecular weight is 792 g/mol. The van der Waals surface area contributed by atoms with E-state index in [0.717, 1.165) is 5.92 Å². The molecule has 0 radical (unpaired) electrons. The van der Waals surface area contributed by atoms with Crippen LogP contribution in [0.3, 0.4) is 0 Å². The van der Waals surface area contributed by atoms with Crippen molar-refractivity contribution in [2.45, 2.75) is 75.6 Å². The van der Waals surface area contributed by atoms with Crippen LogP contribution in [-0.2, 0) is 6.42 Å². The third-order valence-electron chi connectivity index (χ3n) is 7.64. The van der Waals surface area contributed by atoms with Gasteiger partial charge in [-0.1, -0.05) is 6.92 Å². The van der Waals surface area contributed by atoms with Gasteiger partial charge in [0.15, 0.2) is 0 Å². The molecule has 1 aromatic carbocycles. The van der Waals surface area contributed by atoms with Crippen LogP contribution in [0, 0.1) is 5.92 Å². The van der Waals surface area contributed by atoms with E-state index in [2.05, 4.69) is 119 Å². The van der Waals surface area contributed by atoms with Crippen molar-refractivity contribution in [2.75, 3.05) is 0 Å². The molecule has 38 heavy (non-hydrogen) atoms. The summed E-state index contributed by atoms with van der Waals surface area (Å²) in [5, 5.41) is 5.29. The molecular weight excluding hydrogens is 750 g/mol. The molecule has 4 aromatic heterocycles. The zero-order valence-electron chi connectivity index (χ0n) is 24.3. The molecule has 0 amide bonds. The summed E-state index contributed by atoms with van der Waals surface area (Å²) < 4.78 is 6.48. The van der Waals surface area contributed by atoms with Gasteiger partial charge in [-0.05, 0) is 0 Å². The molecule has 0 N–H and O–H groups in total. The van der Waals surface area contributed by atoms with Crippen molar-refractivity contribution in [1.29, 1.82) is 0 Å². The van der Waals surface area contributed by atoms with E-state index in [1.54, 1.807) is 15.4 Å². The molecule has 0 fully saturated rings. The van der Waals surface area contributed by atoms with E-state index in [4.69, 9.17) is 0 Å². The first-order valence-corrected chi connectivity index (χ1v) is 37.5. The standard InChI is InChI=1S/C26H24S4.6CH3.2Sn/c1-3-5-7-17(4-2)16-18-9-10-22(30-18)24-20-12-15-28-25(20)23(21-8-6-13-27-21)19-11-14-29-26(19)24;;;;;;;;/h6,8-13,17H,3-5,7,16H2,1-2H3;6*1H3;;. The molecule has 0 bridgehead atoms. The van der Waals surface area contributed by atoms with Crippen LogP contribution in [0.15, 0.2) is 41.8 Å². The molecule has 202 valence electrons. The van der Waals surface area contributed by atoms with Crippen LogP contribution in [0.1, 0.15) is 44.4 Å². The number of fused-ring (bicyclic) bond motifs is 2. The molecule has 0 aliphatic rings. The van der Waals surface area contributed by atoms with Crippen molar-refractivity contribution in [1.82, 2.24) is 0 Å². The maximum atomic E-state index is 2.64. The van der Waals surface area contributed by atoms with Crippen molar-refractivity contribution in [3.8, 4) is 20.9 Å². The second kappa shape index (κ2) is 11.8. The average Bonchev–Trinajstić information content (AvgIpc) is 3.64. The summed E-state index contributed by atoms with van der Waals surface area (Å²) in [6, 6.07) is 14.8. The van der Waals surface area contributed by atoms with Crippen molar-refractivity contribution in [3.63, 3.8) is 0 Å². The molecule has 6 heteroatoms. The van der Waals surface area contributed by atoms with Gasteiger partial charge >= 0.3 is 250 Å². The van der Waals surface area contributed by atoms with Crippen molar-refractivity contribution in [2.24, 2.45) is 5.92 Å².